The molecule has 1 aliphatic heterocycles. The Labute approximate surface area is 169 Å². The van der Waals surface area contributed by atoms with E-state index < -0.39 is 0 Å². The summed E-state index contributed by atoms with van der Waals surface area (Å²) < 4.78 is 0. The SMILES string of the molecule is CCc1ccc(NC(=O)c2cnc(N3CCN(c4ncccn4)CC3)cn2)cc1. The molecule has 4 rings (SSSR count). The van der Waals surface area contributed by atoms with Crippen LogP contribution < -0.4 is 15.1 Å². The Hall–Kier alpha value is -3.55. The summed E-state index contributed by atoms with van der Waals surface area (Å²) in [4.78, 5) is 34.1. The molecule has 0 radical (unpaired) electrons. The van der Waals surface area contributed by atoms with Crippen molar-refractivity contribution in [2.45, 2.75) is 13.3 Å². The normalized spacial score (nSPS) is 14.0. The highest BCUT2D eigenvalue weighted by Crippen LogP contribution is 2.16. The van der Waals surface area contributed by atoms with Gasteiger partial charge in [-0.3, -0.25) is 4.79 Å². The molecule has 0 saturated carbocycles. The zero-order chi connectivity index (χ0) is 20.1. The minimum Gasteiger partial charge on any atom is -0.352 e. The minimum atomic E-state index is -0.264. The lowest BCUT2D eigenvalue weighted by molar-refractivity contribution is 0.102. The quantitative estimate of drug-likeness (QED) is 0.717. The van der Waals surface area contributed by atoms with Crippen LogP contribution in [0.5, 0.6) is 0 Å². The molecule has 1 fully saturated rings. The van der Waals surface area contributed by atoms with Gasteiger partial charge in [-0.05, 0) is 30.2 Å². The number of anilines is 3. The van der Waals surface area contributed by atoms with Crippen molar-refractivity contribution >= 4 is 23.4 Å². The van der Waals surface area contributed by atoms with Crippen LogP contribution >= 0.6 is 0 Å². The van der Waals surface area contributed by atoms with Gasteiger partial charge in [0.05, 0.1) is 12.4 Å². The van der Waals surface area contributed by atoms with Gasteiger partial charge in [-0.15, -0.1) is 0 Å². The molecule has 148 valence electrons. The van der Waals surface area contributed by atoms with Gasteiger partial charge in [0.2, 0.25) is 5.95 Å². The summed E-state index contributed by atoms with van der Waals surface area (Å²) in [6.07, 6.45) is 7.65. The van der Waals surface area contributed by atoms with Crippen molar-refractivity contribution in [3.8, 4) is 0 Å². The van der Waals surface area contributed by atoms with E-state index in [1.807, 2.05) is 30.3 Å². The number of hydrogen-bond donors (Lipinski definition) is 1. The molecule has 1 amide bonds. The molecular formula is C21H23N7O. The summed E-state index contributed by atoms with van der Waals surface area (Å²) in [7, 11) is 0. The minimum absolute atomic E-state index is 0.264. The van der Waals surface area contributed by atoms with E-state index in [9.17, 15) is 4.79 Å². The van der Waals surface area contributed by atoms with Crippen molar-refractivity contribution in [1.82, 2.24) is 19.9 Å². The smallest absolute Gasteiger partial charge is 0.275 e. The predicted molar refractivity (Wildman–Crippen MR) is 112 cm³/mol. The van der Waals surface area contributed by atoms with E-state index in [0.29, 0.717) is 5.69 Å². The third-order valence-electron chi connectivity index (χ3n) is 4.93. The largest absolute Gasteiger partial charge is 0.352 e. The lowest BCUT2D eigenvalue weighted by Crippen LogP contribution is -2.47. The molecule has 0 aliphatic carbocycles. The van der Waals surface area contributed by atoms with Crippen molar-refractivity contribution in [3.05, 3.63) is 66.4 Å². The van der Waals surface area contributed by atoms with Crippen LogP contribution in [0.3, 0.4) is 0 Å². The fourth-order valence-electron chi connectivity index (χ4n) is 3.21. The molecule has 8 heteroatoms. The van der Waals surface area contributed by atoms with Crippen LogP contribution in [-0.2, 0) is 6.42 Å². The number of carbonyl (C=O) groups is 1. The highest BCUT2D eigenvalue weighted by Gasteiger charge is 2.20. The van der Waals surface area contributed by atoms with Gasteiger partial charge in [-0.2, -0.15) is 0 Å². The van der Waals surface area contributed by atoms with Crippen LogP contribution in [0.15, 0.2) is 55.1 Å². The Bertz CT molecular complexity index is 937. The van der Waals surface area contributed by atoms with Gasteiger partial charge >= 0.3 is 0 Å². The Balaban J connectivity index is 1.34. The number of aryl methyl sites for hydroxylation is 1. The zero-order valence-corrected chi connectivity index (χ0v) is 16.3. The van der Waals surface area contributed by atoms with Crippen molar-refractivity contribution in [2.24, 2.45) is 0 Å². The fraction of sp³-hybridized carbons (Fsp3) is 0.286. The molecule has 3 heterocycles. The van der Waals surface area contributed by atoms with Crippen LogP contribution in [0.25, 0.3) is 0 Å². The van der Waals surface area contributed by atoms with E-state index in [1.165, 1.54) is 11.8 Å². The number of benzene rings is 1. The summed E-state index contributed by atoms with van der Waals surface area (Å²) in [5.74, 6) is 1.25. The number of hydrogen-bond acceptors (Lipinski definition) is 7. The van der Waals surface area contributed by atoms with Crippen LogP contribution in [0.2, 0.25) is 0 Å². The molecule has 0 spiro atoms. The molecule has 29 heavy (non-hydrogen) atoms. The lowest BCUT2D eigenvalue weighted by atomic mass is 10.1. The maximum Gasteiger partial charge on any atom is 0.275 e. The Morgan fingerprint density at radius 3 is 2.24 bits per heavy atom. The number of rotatable bonds is 5. The monoisotopic (exact) mass is 389 g/mol. The molecule has 8 nitrogen and oxygen atoms in total. The molecule has 0 bridgehead atoms. The van der Waals surface area contributed by atoms with Gasteiger partial charge in [-0.25, -0.2) is 19.9 Å². The molecule has 1 saturated heterocycles. The summed E-state index contributed by atoms with van der Waals surface area (Å²) in [6, 6.07) is 9.62. The highest BCUT2D eigenvalue weighted by atomic mass is 16.1. The molecule has 2 aromatic heterocycles. The average molecular weight is 389 g/mol. The van der Waals surface area contributed by atoms with E-state index in [2.05, 4.69) is 42.0 Å². The van der Waals surface area contributed by atoms with Crippen molar-refractivity contribution in [3.63, 3.8) is 0 Å². The zero-order valence-electron chi connectivity index (χ0n) is 16.3. The standard InChI is InChI=1S/C21H23N7O/c1-2-16-4-6-17(7-5-16)26-20(29)18-14-25-19(15-24-18)27-10-12-28(13-11-27)21-22-8-3-9-23-21/h3-9,14-15H,2,10-13H2,1H3,(H,26,29). The molecule has 0 atom stereocenters. The summed E-state index contributed by atoms with van der Waals surface area (Å²) in [5.41, 5.74) is 2.27. The molecule has 1 aromatic carbocycles. The van der Waals surface area contributed by atoms with E-state index >= 15 is 0 Å². The molecule has 0 unspecified atom stereocenters. The van der Waals surface area contributed by atoms with Gasteiger partial charge in [0.1, 0.15) is 11.5 Å². The first-order valence-electron chi connectivity index (χ1n) is 9.72. The topological polar surface area (TPSA) is 87.1 Å². The molecule has 3 aromatic rings. The summed E-state index contributed by atoms with van der Waals surface area (Å²) in [5, 5.41) is 2.86. The Morgan fingerprint density at radius 2 is 1.62 bits per heavy atom. The number of amides is 1. The Morgan fingerprint density at radius 1 is 0.931 bits per heavy atom. The lowest BCUT2D eigenvalue weighted by Gasteiger charge is -2.35. The van der Waals surface area contributed by atoms with Crippen LogP contribution in [-0.4, -0.2) is 52.0 Å². The van der Waals surface area contributed by atoms with E-state index in [4.69, 9.17) is 0 Å². The maximum absolute atomic E-state index is 12.4. The average Bonchev–Trinajstić information content (AvgIpc) is 2.80. The van der Waals surface area contributed by atoms with E-state index in [0.717, 1.165) is 50.1 Å². The number of aromatic nitrogens is 4. The predicted octanol–water partition coefficient (Wildman–Crippen LogP) is 2.41. The first kappa shape index (κ1) is 18.8. The molecular weight excluding hydrogens is 366 g/mol. The van der Waals surface area contributed by atoms with Gasteiger partial charge in [0.15, 0.2) is 0 Å². The second-order valence-corrected chi connectivity index (χ2v) is 6.79. The van der Waals surface area contributed by atoms with Crippen molar-refractivity contribution < 1.29 is 4.79 Å². The first-order valence-corrected chi connectivity index (χ1v) is 9.72. The maximum atomic E-state index is 12.4. The van der Waals surface area contributed by atoms with Crippen LogP contribution in [0.1, 0.15) is 23.0 Å². The molecule has 1 N–H and O–H groups in total. The second-order valence-electron chi connectivity index (χ2n) is 6.79. The van der Waals surface area contributed by atoms with Gasteiger partial charge in [-0.1, -0.05) is 19.1 Å². The third kappa shape index (κ3) is 4.48. The number of nitrogens with one attached hydrogen (secondary N) is 1. The summed E-state index contributed by atoms with van der Waals surface area (Å²) in [6.45, 7) is 5.30. The third-order valence-corrected chi connectivity index (χ3v) is 4.93. The van der Waals surface area contributed by atoms with E-state index in [-0.39, 0.29) is 5.91 Å². The van der Waals surface area contributed by atoms with Gasteiger partial charge < -0.3 is 15.1 Å². The number of nitrogens with zero attached hydrogens (tertiary/aromatic N) is 6. The second kappa shape index (κ2) is 8.64. The Kier molecular flexibility index (Phi) is 5.60. The van der Waals surface area contributed by atoms with Crippen LogP contribution in [0.4, 0.5) is 17.5 Å². The number of piperazine rings is 1. The van der Waals surface area contributed by atoms with Crippen LogP contribution in [0, 0.1) is 0 Å². The number of carbonyl (C=O) groups excluding carboxylic acids is 1. The van der Waals surface area contributed by atoms with E-state index in [1.54, 1.807) is 18.6 Å². The van der Waals surface area contributed by atoms with Crippen molar-refractivity contribution in [2.75, 3.05) is 41.3 Å². The van der Waals surface area contributed by atoms with Gasteiger partial charge in [0.25, 0.3) is 5.91 Å². The van der Waals surface area contributed by atoms with Gasteiger partial charge in [0, 0.05) is 44.3 Å². The van der Waals surface area contributed by atoms with Crippen molar-refractivity contribution in [1.29, 1.82) is 0 Å². The molecule has 1 aliphatic rings. The summed E-state index contributed by atoms with van der Waals surface area (Å²) >= 11 is 0. The first-order chi connectivity index (χ1) is 14.2. The fourth-order valence-corrected chi connectivity index (χ4v) is 3.21. The highest BCUT2D eigenvalue weighted by molar-refractivity contribution is 6.02.